The Morgan fingerprint density at radius 3 is 3.00 bits per heavy atom. The summed E-state index contributed by atoms with van der Waals surface area (Å²) in [6, 6.07) is 0. The van der Waals surface area contributed by atoms with Gasteiger partial charge in [-0.3, -0.25) is 0 Å². The molecule has 0 aliphatic heterocycles. The van der Waals surface area contributed by atoms with Gasteiger partial charge in [0.25, 0.3) is 0 Å². The topological polar surface area (TPSA) is 24.9 Å². The van der Waals surface area contributed by atoms with E-state index in [0.717, 1.165) is 12.5 Å². The van der Waals surface area contributed by atoms with Gasteiger partial charge in [0.15, 0.2) is 0 Å². The first kappa shape index (κ1) is 9.16. The molecule has 0 bridgehead atoms. The van der Waals surface area contributed by atoms with Crippen LogP contribution in [0, 0.1) is 12.8 Å². The summed E-state index contributed by atoms with van der Waals surface area (Å²) in [5, 5.41) is 4.68. The molecule has 2 nitrogen and oxygen atoms in total. The first-order chi connectivity index (χ1) is 6.34. The summed E-state index contributed by atoms with van der Waals surface area (Å²) >= 11 is 1.79. The van der Waals surface area contributed by atoms with Crippen LogP contribution in [0.25, 0.3) is 0 Å². The molecule has 1 saturated carbocycles. The van der Waals surface area contributed by atoms with E-state index in [0.29, 0.717) is 0 Å². The molecular weight excluding hydrogens is 180 g/mol. The van der Waals surface area contributed by atoms with Crippen molar-refractivity contribution in [1.29, 1.82) is 0 Å². The van der Waals surface area contributed by atoms with Crippen LogP contribution in [0.2, 0.25) is 0 Å². The zero-order chi connectivity index (χ0) is 9.10. The molecule has 0 unspecified atom stereocenters. The predicted octanol–water partition coefficient (Wildman–Crippen LogP) is 2.34. The summed E-state index contributed by atoms with van der Waals surface area (Å²) < 4.78 is 0. The minimum absolute atomic E-state index is 0.945. The summed E-state index contributed by atoms with van der Waals surface area (Å²) in [4.78, 5) is 5.62. The van der Waals surface area contributed by atoms with E-state index in [1.165, 1.54) is 35.7 Å². The molecule has 1 aliphatic carbocycles. The Kier molecular flexibility index (Phi) is 2.96. The number of aromatic nitrogens is 1. The fourth-order valence-corrected chi connectivity index (χ4v) is 2.32. The number of aryl methyl sites for hydroxylation is 1. The van der Waals surface area contributed by atoms with E-state index in [1.54, 1.807) is 11.3 Å². The Labute approximate surface area is 83.4 Å². The molecule has 2 rings (SSSR count). The Bertz CT molecular complexity index is 266. The lowest BCUT2D eigenvalue weighted by atomic mass is 9.85. The molecule has 1 aromatic rings. The van der Waals surface area contributed by atoms with Gasteiger partial charge in [-0.05, 0) is 32.2 Å². The third-order valence-corrected chi connectivity index (χ3v) is 3.52. The average Bonchev–Trinajstić information content (AvgIpc) is 2.42. The van der Waals surface area contributed by atoms with Crippen LogP contribution >= 0.6 is 11.3 Å². The maximum absolute atomic E-state index is 4.31. The molecule has 1 fully saturated rings. The number of hydrogen-bond donors (Lipinski definition) is 1. The Morgan fingerprint density at radius 1 is 1.62 bits per heavy atom. The summed E-state index contributed by atoms with van der Waals surface area (Å²) in [5.41, 5.74) is 0. The number of hydrogen-bond acceptors (Lipinski definition) is 3. The van der Waals surface area contributed by atoms with Crippen LogP contribution in [0.3, 0.4) is 0 Å². The Hall–Kier alpha value is -0.410. The van der Waals surface area contributed by atoms with Crippen molar-refractivity contribution in [3.05, 3.63) is 16.1 Å². The molecule has 1 aromatic heterocycles. The molecule has 1 N–H and O–H groups in total. The summed E-state index contributed by atoms with van der Waals surface area (Å²) in [7, 11) is 0. The summed E-state index contributed by atoms with van der Waals surface area (Å²) in [6.07, 6.45) is 6.22. The van der Waals surface area contributed by atoms with Crippen molar-refractivity contribution >= 4 is 11.3 Å². The second-order valence-electron chi connectivity index (χ2n) is 3.79. The Morgan fingerprint density at radius 2 is 2.46 bits per heavy atom. The third kappa shape index (κ3) is 2.51. The maximum atomic E-state index is 4.31. The second-order valence-corrected chi connectivity index (χ2v) is 5.11. The molecular formula is C10H16N2S. The van der Waals surface area contributed by atoms with Gasteiger partial charge in [-0.15, -0.1) is 11.3 Å². The molecule has 13 heavy (non-hydrogen) atoms. The van der Waals surface area contributed by atoms with Gasteiger partial charge in [0, 0.05) is 17.6 Å². The lowest BCUT2D eigenvalue weighted by molar-refractivity contribution is 0.301. The molecule has 0 amide bonds. The quantitative estimate of drug-likeness (QED) is 0.799. The van der Waals surface area contributed by atoms with E-state index in [9.17, 15) is 0 Å². The fourth-order valence-electron chi connectivity index (χ4n) is 1.56. The van der Waals surface area contributed by atoms with Crippen LogP contribution in [-0.4, -0.2) is 11.5 Å². The summed E-state index contributed by atoms with van der Waals surface area (Å²) in [6.45, 7) is 4.24. The molecule has 0 saturated heterocycles. The van der Waals surface area contributed by atoms with E-state index in [4.69, 9.17) is 0 Å². The molecule has 1 heterocycles. The minimum Gasteiger partial charge on any atom is -0.310 e. The highest BCUT2D eigenvalue weighted by Gasteiger charge is 2.16. The molecule has 0 atom stereocenters. The van der Waals surface area contributed by atoms with Gasteiger partial charge in [-0.2, -0.15) is 0 Å². The standard InChI is InChI=1S/C10H16N2S/c1-8-5-12-10(13-8)7-11-6-9-3-2-4-9/h5,9,11H,2-4,6-7H2,1H3. The molecule has 0 aromatic carbocycles. The van der Waals surface area contributed by atoms with Gasteiger partial charge in [0.05, 0.1) is 0 Å². The first-order valence-electron chi connectivity index (χ1n) is 4.96. The van der Waals surface area contributed by atoms with Gasteiger partial charge in [-0.1, -0.05) is 6.42 Å². The van der Waals surface area contributed by atoms with Crippen molar-refractivity contribution in [2.24, 2.45) is 5.92 Å². The monoisotopic (exact) mass is 196 g/mol. The molecule has 0 spiro atoms. The highest BCUT2D eigenvalue weighted by atomic mass is 32.1. The number of thiazole rings is 1. The van der Waals surface area contributed by atoms with Crippen LogP contribution in [0.15, 0.2) is 6.20 Å². The molecule has 0 radical (unpaired) electrons. The third-order valence-electron chi connectivity index (χ3n) is 2.60. The van der Waals surface area contributed by atoms with Crippen molar-refractivity contribution in [1.82, 2.24) is 10.3 Å². The van der Waals surface area contributed by atoms with E-state index in [1.807, 2.05) is 6.20 Å². The smallest absolute Gasteiger partial charge is 0.107 e. The first-order valence-corrected chi connectivity index (χ1v) is 5.78. The second kappa shape index (κ2) is 4.20. The van der Waals surface area contributed by atoms with E-state index >= 15 is 0 Å². The largest absolute Gasteiger partial charge is 0.310 e. The van der Waals surface area contributed by atoms with E-state index in [-0.39, 0.29) is 0 Å². The van der Waals surface area contributed by atoms with Crippen LogP contribution in [0.4, 0.5) is 0 Å². The predicted molar refractivity (Wildman–Crippen MR) is 55.9 cm³/mol. The zero-order valence-corrected chi connectivity index (χ0v) is 8.86. The Balaban J connectivity index is 1.67. The molecule has 1 aliphatic rings. The van der Waals surface area contributed by atoms with Gasteiger partial charge >= 0.3 is 0 Å². The minimum atomic E-state index is 0.945. The normalized spacial score (nSPS) is 17.3. The van der Waals surface area contributed by atoms with Gasteiger partial charge < -0.3 is 5.32 Å². The number of nitrogens with one attached hydrogen (secondary N) is 1. The molecule has 3 heteroatoms. The zero-order valence-electron chi connectivity index (χ0n) is 8.05. The van der Waals surface area contributed by atoms with Gasteiger partial charge in [-0.25, -0.2) is 4.98 Å². The SMILES string of the molecule is Cc1cnc(CNCC2CCC2)s1. The van der Waals surface area contributed by atoms with Gasteiger partial charge in [0.2, 0.25) is 0 Å². The lowest BCUT2D eigenvalue weighted by Gasteiger charge is -2.25. The van der Waals surface area contributed by atoms with Crippen molar-refractivity contribution in [3.8, 4) is 0 Å². The maximum Gasteiger partial charge on any atom is 0.107 e. The van der Waals surface area contributed by atoms with Crippen molar-refractivity contribution in [3.63, 3.8) is 0 Å². The molecule has 72 valence electrons. The van der Waals surface area contributed by atoms with Crippen LogP contribution in [0.5, 0.6) is 0 Å². The van der Waals surface area contributed by atoms with Crippen molar-refractivity contribution in [2.45, 2.75) is 32.7 Å². The number of nitrogens with zero attached hydrogens (tertiary/aromatic N) is 1. The van der Waals surface area contributed by atoms with Crippen molar-refractivity contribution in [2.75, 3.05) is 6.54 Å². The van der Waals surface area contributed by atoms with E-state index < -0.39 is 0 Å². The highest BCUT2D eigenvalue weighted by molar-refractivity contribution is 7.11. The lowest BCUT2D eigenvalue weighted by Crippen LogP contribution is -2.26. The van der Waals surface area contributed by atoms with Crippen LogP contribution < -0.4 is 5.32 Å². The van der Waals surface area contributed by atoms with Crippen molar-refractivity contribution < 1.29 is 0 Å². The summed E-state index contributed by atoms with van der Waals surface area (Å²) in [5.74, 6) is 0.945. The fraction of sp³-hybridized carbons (Fsp3) is 0.700. The average molecular weight is 196 g/mol. The van der Waals surface area contributed by atoms with Crippen LogP contribution in [-0.2, 0) is 6.54 Å². The highest BCUT2D eigenvalue weighted by Crippen LogP contribution is 2.25. The van der Waals surface area contributed by atoms with E-state index in [2.05, 4.69) is 17.2 Å². The van der Waals surface area contributed by atoms with Gasteiger partial charge in [0.1, 0.15) is 5.01 Å². The number of rotatable bonds is 4. The van der Waals surface area contributed by atoms with Crippen LogP contribution in [0.1, 0.15) is 29.1 Å².